The van der Waals surface area contributed by atoms with Crippen molar-refractivity contribution in [3.05, 3.63) is 59.2 Å². The summed E-state index contributed by atoms with van der Waals surface area (Å²) in [6.07, 6.45) is 1.46. The number of primary amides is 1. The summed E-state index contributed by atoms with van der Waals surface area (Å²) in [5.41, 5.74) is 8.38. The summed E-state index contributed by atoms with van der Waals surface area (Å²) >= 11 is 0. The molecular weight excluding hydrogens is 356 g/mol. The number of nitrogens with zero attached hydrogens (tertiary/aromatic N) is 1. The van der Waals surface area contributed by atoms with Crippen LogP contribution in [0.25, 0.3) is 5.57 Å². The zero-order chi connectivity index (χ0) is 20.7. The highest BCUT2D eigenvalue weighted by Crippen LogP contribution is 2.35. The Morgan fingerprint density at radius 2 is 1.71 bits per heavy atom. The number of methoxy groups -OCH3 is 2. The van der Waals surface area contributed by atoms with Gasteiger partial charge in [-0.2, -0.15) is 5.26 Å². The molecule has 0 saturated heterocycles. The van der Waals surface area contributed by atoms with Gasteiger partial charge in [0, 0.05) is 11.6 Å². The van der Waals surface area contributed by atoms with Crippen molar-refractivity contribution in [3.63, 3.8) is 0 Å². The van der Waals surface area contributed by atoms with Gasteiger partial charge in [-0.3, -0.25) is 4.79 Å². The molecule has 146 valence electrons. The number of nitrogens with two attached hydrogens (primary N) is 1. The number of amides is 1. The molecule has 0 fully saturated rings. The van der Waals surface area contributed by atoms with Gasteiger partial charge in [0.15, 0.2) is 11.5 Å². The molecule has 0 heterocycles. The lowest BCUT2D eigenvalue weighted by Gasteiger charge is -2.17. The molecule has 6 heteroatoms. The van der Waals surface area contributed by atoms with Crippen molar-refractivity contribution in [1.82, 2.24) is 0 Å². The molecule has 0 aromatic heterocycles. The van der Waals surface area contributed by atoms with Crippen LogP contribution < -0.4 is 19.9 Å². The molecule has 2 N–H and O–H groups in total. The van der Waals surface area contributed by atoms with E-state index in [0.29, 0.717) is 35.0 Å². The van der Waals surface area contributed by atoms with E-state index in [-0.39, 0.29) is 0 Å². The summed E-state index contributed by atoms with van der Waals surface area (Å²) < 4.78 is 16.3. The van der Waals surface area contributed by atoms with Crippen LogP contribution in [0.3, 0.4) is 0 Å². The third kappa shape index (κ3) is 4.44. The van der Waals surface area contributed by atoms with Gasteiger partial charge >= 0.3 is 0 Å². The van der Waals surface area contributed by atoms with Crippen LogP contribution in [0.4, 0.5) is 0 Å². The second kappa shape index (κ2) is 9.47. The lowest BCUT2D eigenvalue weighted by Crippen LogP contribution is -2.19. The molecule has 28 heavy (non-hydrogen) atoms. The number of benzene rings is 2. The van der Waals surface area contributed by atoms with Crippen molar-refractivity contribution < 1.29 is 19.0 Å². The van der Waals surface area contributed by atoms with Crippen LogP contribution in [0.15, 0.2) is 42.5 Å². The Labute approximate surface area is 165 Å². The summed E-state index contributed by atoms with van der Waals surface area (Å²) in [6.45, 7) is 4.09. The average Bonchev–Trinajstić information content (AvgIpc) is 2.71. The van der Waals surface area contributed by atoms with E-state index >= 15 is 0 Å². The summed E-state index contributed by atoms with van der Waals surface area (Å²) in [5, 5.41) is 9.32. The first-order valence-corrected chi connectivity index (χ1v) is 8.85. The van der Waals surface area contributed by atoms with Crippen LogP contribution in [0.1, 0.15) is 36.5 Å². The molecule has 0 radical (unpaired) electrons. The van der Waals surface area contributed by atoms with E-state index in [1.165, 1.54) is 13.2 Å². The summed E-state index contributed by atoms with van der Waals surface area (Å²) in [5.74, 6) is 0.777. The SMILES string of the molecule is CCOc1cc(C(=CC#N)c2ccc(OC)c(C(C)C(N)=O)c2)ccc1OC. The number of allylic oxidation sites excluding steroid dienone is 1. The summed E-state index contributed by atoms with van der Waals surface area (Å²) in [7, 11) is 3.11. The third-order valence-electron chi connectivity index (χ3n) is 4.42. The maximum atomic E-state index is 11.7. The van der Waals surface area contributed by atoms with E-state index in [0.717, 1.165) is 11.1 Å². The Morgan fingerprint density at radius 1 is 1.11 bits per heavy atom. The number of rotatable bonds is 8. The zero-order valence-corrected chi connectivity index (χ0v) is 16.5. The minimum Gasteiger partial charge on any atom is -0.496 e. The van der Waals surface area contributed by atoms with Crippen molar-refractivity contribution in [2.24, 2.45) is 5.73 Å². The fourth-order valence-electron chi connectivity index (χ4n) is 2.90. The van der Waals surface area contributed by atoms with Crippen molar-refractivity contribution in [3.8, 4) is 23.3 Å². The van der Waals surface area contributed by atoms with Crippen LogP contribution in [0.5, 0.6) is 17.2 Å². The molecule has 0 spiro atoms. The van der Waals surface area contributed by atoms with E-state index in [2.05, 4.69) is 6.07 Å². The molecule has 1 unspecified atom stereocenters. The normalized spacial score (nSPS) is 12.0. The molecule has 6 nitrogen and oxygen atoms in total. The highest BCUT2D eigenvalue weighted by Gasteiger charge is 2.19. The molecule has 0 bridgehead atoms. The van der Waals surface area contributed by atoms with Crippen molar-refractivity contribution in [2.45, 2.75) is 19.8 Å². The molecule has 1 atom stereocenters. The number of carbonyl (C=O) groups is 1. The predicted octanol–water partition coefficient (Wildman–Crippen LogP) is 3.65. The second-order valence-electron chi connectivity index (χ2n) is 6.07. The molecule has 2 aromatic rings. The second-order valence-corrected chi connectivity index (χ2v) is 6.07. The van der Waals surface area contributed by atoms with E-state index in [9.17, 15) is 10.1 Å². The van der Waals surface area contributed by atoms with Crippen LogP contribution in [-0.2, 0) is 4.79 Å². The van der Waals surface area contributed by atoms with Crippen LogP contribution in [0, 0.1) is 11.3 Å². The predicted molar refractivity (Wildman–Crippen MR) is 107 cm³/mol. The fourth-order valence-corrected chi connectivity index (χ4v) is 2.90. The lowest BCUT2D eigenvalue weighted by atomic mass is 9.91. The molecule has 0 aliphatic carbocycles. The number of hydrogen-bond acceptors (Lipinski definition) is 5. The molecule has 0 aliphatic heterocycles. The van der Waals surface area contributed by atoms with Gasteiger partial charge in [-0.05, 0) is 54.8 Å². The van der Waals surface area contributed by atoms with Crippen LogP contribution in [0.2, 0.25) is 0 Å². The van der Waals surface area contributed by atoms with Crippen LogP contribution >= 0.6 is 0 Å². The maximum Gasteiger partial charge on any atom is 0.224 e. The first-order chi connectivity index (χ1) is 13.5. The molecular formula is C22H24N2O4. The van der Waals surface area contributed by atoms with Crippen LogP contribution in [-0.4, -0.2) is 26.7 Å². The van der Waals surface area contributed by atoms with E-state index < -0.39 is 11.8 Å². The largest absolute Gasteiger partial charge is 0.496 e. The Hall–Kier alpha value is -3.46. The van der Waals surface area contributed by atoms with Crippen molar-refractivity contribution >= 4 is 11.5 Å². The summed E-state index contributed by atoms with van der Waals surface area (Å²) in [6, 6.07) is 13.0. The van der Waals surface area contributed by atoms with Gasteiger partial charge in [0.2, 0.25) is 5.91 Å². The number of hydrogen-bond donors (Lipinski definition) is 1. The van der Waals surface area contributed by atoms with Crippen molar-refractivity contribution in [1.29, 1.82) is 5.26 Å². The third-order valence-corrected chi connectivity index (χ3v) is 4.42. The van der Waals surface area contributed by atoms with Gasteiger partial charge in [0.25, 0.3) is 0 Å². The first-order valence-electron chi connectivity index (χ1n) is 8.85. The maximum absolute atomic E-state index is 11.7. The van der Waals surface area contributed by atoms with Gasteiger partial charge in [-0.25, -0.2) is 0 Å². The number of carbonyl (C=O) groups excluding carboxylic acids is 1. The molecule has 2 rings (SSSR count). The van der Waals surface area contributed by atoms with E-state index in [1.807, 2.05) is 31.2 Å². The Balaban J connectivity index is 2.61. The number of nitriles is 1. The molecule has 2 aromatic carbocycles. The Kier molecular flexibility index (Phi) is 7.05. The topological polar surface area (TPSA) is 94.6 Å². The Bertz CT molecular complexity index is 929. The smallest absolute Gasteiger partial charge is 0.224 e. The monoisotopic (exact) mass is 380 g/mol. The highest BCUT2D eigenvalue weighted by atomic mass is 16.5. The van der Waals surface area contributed by atoms with Gasteiger partial charge in [-0.15, -0.1) is 0 Å². The van der Waals surface area contributed by atoms with Crippen molar-refractivity contribution in [2.75, 3.05) is 20.8 Å². The quantitative estimate of drug-likeness (QED) is 0.706. The highest BCUT2D eigenvalue weighted by molar-refractivity contribution is 5.85. The lowest BCUT2D eigenvalue weighted by molar-refractivity contribution is -0.119. The van der Waals surface area contributed by atoms with Gasteiger partial charge in [-0.1, -0.05) is 12.1 Å². The first kappa shape index (κ1) is 20.8. The van der Waals surface area contributed by atoms with E-state index in [1.54, 1.807) is 26.2 Å². The van der Waals surface area contributed by atoms with Gasteiger partial charge < -0.3 is 19.9 Å². The van der Waals surface area contributed by atoms with Gasteiger partial charge in [0.1, 0.15) is 5.75 Å². The summed E-state index contributed by atoms with van der Waals surface area (Å²) in [4.78, 5) is 11.7. The molecule has 0 saturated carbocycles. The fraction of sp³-hybridized carbons (Fsp3) is 0.273. The minimum atomic E-state index is -0.534. The van der Waals surface area contributed by atoms with E-state index in [4.69, 9.17) is 19.9 Å². The zero-order valence-electron chi connectivity index (χ0n) is 16.5. The average molecular weight is 380 g/mol. The Morgan fingerprint density at radius 3 is 2.25 bits per heavy atom. The number of ether oxygens (including phenoxy) is 3. The minimum absolute atomic E-state index is 0.454. The molecule has 1 amide bonds. The molecule has 0 aliphatic rings. The van der Waals surface area contributed by atoms with Gasteiger partial charge in [0.05, 0.1) is 32.8 Å². The standard InChI is InChI=1S/C22H24N2O4/c1-5-28-21-13-16(7-9-20(21)27-4)17(10-11-23)15-6-8-19(26-3)18(12-15)14(2)22(24)25/h6-10,12-14H,5H2,1-4H3,(H2,24,25).